The lowest BCUT2D eigenvalue weighted by molar-refractivity contribution is 0.300. The molecule has 1 aliphatic heterocycles. The zero-order valence-electron chi connectivity index (χ0n) is 20.7. The van der Waals surface area contributed by atoms with Gasteiger partial charge in [0.05, 0.1) is 5.02 Å². The molecule has 0 N–H and O–H groups in total. The molecule has 0 saturated heterocycles. The highest BCUT2D eigenvalue weighted by atomic mass is 35.5. The molecule has 0 atom stereocenters. The normalized spacial score (nSPS) is 14.4. The number of benzene rings is 2. The van der Waals surface area contributed by atoms with Gasteiger partial charge in [-0.05, 0) is 60.0 Å². The highest BCUT2D eigenvalue weighted by Gasteiger charge is 2.40. The van der Waals surface area contributed by atoms with Gasteiger partial charge in [0.15, 0.2) is 0 Å². The second-order valence-electron chi connectivity index (χ2n) is 11.6. The molecule has 2 aromatic rings. The molecule has 1 aliphatic rings. The van der Waals surface area contributed by atoms with Gasteiger partial charge in [-0.2, -0.15) is 0 Å². The smallest absolute Gasteiger partial charge is 0.250 e. The molecule has 0 bridgehead atoms. The van der Waals surface area contributed by atoms with Crippen molar-refractivity contribution in [2.75, 3.05) is 0 Å². The van der Waals surface area contributed by atoms with Gasteiger partial charge < -0.3 is 13.6 Å². The van der Waals surface area contributed by atoms with Crippen molar-refractivity contribution in [3.8, 4) is 28.4 Å². The van der Waals surface area contributed by atoms with Gasteiger partial charge in [0, 0.05) is 17.2 Å². The maximum Gasteiger partial charge on any atom is 0.250 e. The zero-order valence-corrected chi connectivity index (χ0v) is 23.5. The maximum absolute atomic E-state index is 6.67. The van der Waals surface area contributed by atoms with Crippen molar-refractivity contribution in [3.05, 3.63) is 40.9 Å². The first kappa shape index (κ1) is 24.2. The Morgan fingerprint density at radius 2 is 1.39 bits per heavy atom. The molecule has 1 heterocycles. The average Bonchev–Trinajstić information content (AvgIpc) is 2.60. The van der Waals surface area contributed by atoms with E-state index in [1.807, 2.05) is 12.1 Å². The number of halogens is 1. The minimum absolute atomic E-state index is 0.0975. The van der Waals surface area contributed by atoms with Crippen LogP contribution in [0.5, 0.6) is 17.2 Å². The third-order valence-electron chi connectivity index (χ3n) is 7.13. The highest BCUT2D eigenvalue weighted by Crippen LogP contribution is 2.46. The van der Waals surface area contributed by atoms with Crippen LogP contribution in [0, 0.1) is 0 Å². The Kier molecular flexibility index (Phi) is 6.13. The van der Waals surface area contributed by atoms with Crippen LogP contribution in [-0.2, 0) is 6.61 Å². The van der Waals surface area contributed by atoms with Crippen molar-refractivity contribution in [2.45, 2.75) is 84.4 Å². The minimum atomic E-state index is -1.99. The first-order valence-corrected chi connectivity index (χ1v) is 17.2. The van der Waals surface area contributed by atoms with Gasteiger partial charge in [-0.25, -0.2) is 0 Å². The molecule has 0 fully saturated rings. The first-order valence-electron chi connectivity index (χ1n) is 11.0. The third kappa shape index (κ3) is 4.84. The lowest BCUT2D eigenvalue weighted by atomic mass is 9.96. The fraction of sp³-hybridized carbons (Fsp3) is 0.520. The lowest BCUT2D eigenvalue weighted by Crippen LogP contribution is -2.44. The summed E-state index contributed by atoms with van der Waals surface area (Å²) in [7, 11) is -3.88. The van der Waals surface area contributed by atoms with E-state index < -0.39 is 16.6 Å². The molecule has 0 spiro atoms. The number of hydrogen-bond donors (Lipinski definition) is 0. The SMILES string of the molecule is CC(C)(C)[Si](C)(C)Oc1ccc2c(c1)COc1cc(O[Si](C)(C)C(C)(C)C)c(Cl)cc1-2. The van der Waals surface area contributed by atoms with Crippen molar-refractivity contribution in [2.24, 2.45) is 0 Å². The van der Waals surface area contributed by atoms with E-state index >= 15 is 0 Å². The Labute approximate surface area is 195 Å². The number of hydrogen-bond acceptors (Lipinski definition) is 3. The first-order chi connectivity index (χ1) is 14.0. The van der Waals surface area contributed by atoms with E-state index in [2.05, 4.69) is 85.9 Å². The van der Waals surface area contributed by atoms with Crippen LogP contribution >= 0.6 is 11.6 Å². The van der Waals surface area contributed by atoms with Crippen LogP contribution in [-0.4, -0.2) is 16.6 Å². The van der Waals surface area contributed by atoms with Crippen LogP contribution < -0.4 is 13.6 Å². The standard InChI is InChI=1S/C25H37ClO3Si2/c1-24(2,3)30(7,8)28-18-11-12-19-17(13-18)16-27-22-15-23(21(26)14-20(19)22)29-31(9,10)25(4,5)6/h11-15H,16H2,1-10H3. The van der Waals surface area contributed by atoms with E-state index in [-0.39, 0.29) is 10.1 Å². The molecule has 0 aromatic heterocycles. The van der Waals surface area contributed by atoms with E-state index in [4.69, 9.17) is 25.2 Å². The Morgan fingerprint density at radius 1 is 0.806 bits per heavy atom. The van der Waals surface area contributed by atoms with Crippen LogP contribution in [0.25, 0.3) is 11.1 Å². The fourth-order valence-electron chi connectivity index (χ4n) is 2.99. The van der Waals surface area contributed by atoms with Gasteiger partial charge in [0.1, 0.15) is 23.9 Å². The van der Waals surface area contributed by atoms with Crippen molar-refractivity contribution in [1.82, 2.24) is 0 Å². The zero-order chi connectivity index (χ0) is 23.4. The summed E-state index contributed by atoms with van der Waals surface area (Å²) in [5.74, 6) is 2.46. The van der Waals surface area contributed by atoms with Crippen molar-refractivity contribution in [3.63, 3.8) is 0 Å². The fourth-order valence-corrected chi connectivity index (χ4v) is 5.30. The van der Waals surface area contributed by atoms with E-state index in [0.717, 1.165) is 28.2 Å². The van der Waals surface area contributed by atoms with Crippen molar-refractivity contribution < 1.29 is 13.6 Å². The molecular weight excluding hydrogens is 440 g/mol. The van der Waals surface area contributed by atoms with Gasteiger partial charge >= 0.3 is 0 Å². The predicted molar refractivity (Wildman–Crippen MR) is 137 cm³/mol. The summed E-state index contributed by atoms with van der Waals surface area (Å²) in [6.07, 6.45) is 0. The molecule has 0 amide bonds. The molecule has 2 aromatic carbocycles. The largest absolute Gasteiger partial charge is 0.543 e. The Morgan fingerprint density at radius 3 is 1.97 bits per heavy atom. The Balaban J connectivity index is 1.93. The molecule has 6 heteroatoms. The summed E-state index contributed by atoms with van der Waals surface area (Å²) in [5.41, 5.74) is 3.27. The van der Waals surface area contributed by atoms with Crippen molar-refractivity contribution >= 4 is 28.2 Å². The number of fused-ring (bicyclic) bond motifs is 3. The summed E-state index contributed by atoms with van der Waals surface area (Å²) in [6.45, 7) is 22.9. The van der Waals surface area contributed by atoms with E-state index in [0.29, 0.717) is 17.4 Å². The van der Waals surface area contributed by atoms with Gasteiger partial charge in [-0.1, -0.05) is 59.2 Å². The molecule has 3 nitrogen and oxygen atoms in total. The van der Waals surface area contributed by atoms with E-state index in [1.54, 1.807) is 0 Å². The van der Waals surface area contributed by atoms with Gasteiger partial charge in [-0.3, -0.25) is 0 Å². The Hall–Kier alpha value is -1.44. The lowest BCUT2D eigenvalue weighted by Gasteiger charge is -2.37. The van der Waals surface area contributed by atoms with Gasteiger partial charge in [0.25, 0.3) is 8.32 Å². The average molecular weight is 477 g/mol. The van der Waals surface area contributed by atoms with Crippen LogP contribution in [0.3, 0.4) is 0 Å². The third-order valence-corrected chi connectivity index (χ3v) is 16.1. The summed E-state index contributed by atoms with van der Waals surface area (Å²) in [6, 6.07) is 10.3. The predicted octanol–water partition coefficient (Wildman–Crippen LogP) is 8.67. The van der Waals surface area contributed by atoms with Gasteiger partial charge in [-0.15, -0.1) is 0 Å². The number of ether oxygens (including phenoxy) is 1. The van der Waals surface area contributed by atoms with Crippen molar-refractivity contribution in [1.29, 1.82) is 0 Å². The quantitative estimate of drug-likeness (QED) is 0.413. The second kappa shape index (κ2) is 7.85. The molecule has 0 saturated carbocycles. The minimum Gasteiger partial charge on any atom is -0.543 e. The molecular formula is C25H37ClO3Si2. The topological polar surface area (TPSA) is 27.7 Å². The molecule has 3 rings (SSSR count). The van der Waals surface area contributed by atoms with Gasteiger partial charge in [0.2, 0.25) is 8.32 Å². The molecule has 0 radical (unpaired) electrons. The second-order valence-corrected chi connectivity index (χ2v) is 21.5. The highest BCUT2D eigenvalue weighted by molar-refractivity contribution is 6.75. The molecule has 0 aliphatic carbocycles. The van der Waals surface area contributed by atoms with E-state index in [9.17, 15) is 0 Å². The molecule has 170 valence electrons. The maximum atomic E-state index is 6.67. The monoisotopic (exact) mass is 476 g/mol. The summed E-state index contributed by atoms with van der Waals surface area (Å²) >= 11 is 6.67. The van der Waals surface area contributed by atoms with Crippen LogP contribution in [0.2, 0.25) is 41.3 Å². The summed E-state index contributed by atoms with van der Waals surface area (Å²) < 4.78 is 19.1. The van der Waals surface area contributed by atoms with Crippen LogP contribution in [0.1, 0.15) is 47.1 Å². The number of rotatable bonds is 4. The van der Waals surface area contributed by atoms with Crippen LogP contribution in [0.4, 0.5) is 0 Å². The molecule has 31 heavy (non-hydrogen) atoms. The summed E-state index contributed by atoms with van der Waals surface area (Å²) in [5, 5.41) is 0.877. The molecule has 0 unspecified atom stereocenters. The Bertz CT molecular complexity index is 985. The van der Waals surface area contributed by atoms with Crippen LogP contribution in [0.15, 0.2) is 30.3 Å². The summed E-state index contributed by atoms with van der Waals surface area (Å²) in [4.78, 5) is 0. The van der Waals surface area contributed by atoms with E-state index in [1.165, 1.54) is 0 Å².